The van der Waals surface area contributed by atoms with Crippen LogP contribution in [0.4, 0.5) is 0 Å². The molecule has 7 nitrogen and oxygen atoms in total. The maximum absolute atomic E-state index is 12.8. The molecule has 2 aliphatic heterocycles. The first-order valence-corrected chi connectivity index (χ1v) is 10.6. The fourth-order valence-electron chi connectivity index (χ4n) is 3.41. The summed E-state index contributed by atoms with van der Waals surface area (Å²) in [5.41, 5.74) is 0.472. The number of rotatable bonds is 4. The molecular weight excluding hydrogens is 354 g/mol. The van der Waals surface area contributed by atoms with Crippen molar-refractivity contribution in [1.82, 2.24) is 14.1 Å². The topological polar surface area (TPSA) is 78.0 Å². The van der Waals surface area contributed by atoms with E-state index in [1.165, 1.54) is 12.1 Å². The number of nitrogens with zero attached hydrogens (tertiary/aromatic N) is 3. The molecule has 142 valence electrons. The molecule has 1 aromatic carbocycles. The van der Waals surface area contributed by atoms with E-state index in [1.807, 2.05) is 0 Å². The van der Waals surface area contributed by atoms with Crippen LogP contribution in [-0.4, -0.2) is 74.1 Å². The smallest absolute Gasteiger partial charge is 0.253 e. The first-order chi connectivity index (χ1) is 12.5. The van der Waals surface area contributed by atoms with E-state index in [0.717, 1.165) is 32.1 Å². The van der Waals surface area contributed by atoms with Crippen LogP contribution in [0.2, 0.25) is 0 Å². The highest BCUT2D eigenvalue weighted by molar-refractivity contribution is 7.89. The van der Waals surface area contributed by atoms with Gasteiger partial charge in [0.1, 0.15) is 0 Å². The van der Waals surface area contributed by atoms with Gasteiger partial charge in [-0.3, -0.25) is 9.59 Å². The summed E-state index contributed by atoms with van der Waals surface area (Å²) in [6.07, 6.45) is 4.71. The highest BCUT2D eigenvalue weighted by Gasteiger charge is 2.26. The third kappa shape index (κ3) is 4.07. The molecule has 26 heavy (non-hydrogen) atoms. The molecule has 2 aliphatic rings. The van der Waals surface area contributed by atoms with Gasteiger partial charge in [0.15, 0.2) is 0 Å². The van der Waals surface area contributed by atoms with Gasteiger partial charge in [0.25, 0.3) is 5.91 Å². The van der Waals surface area contributed by atoms with Crippen molar-refractivity contribution >= 4 is 22.3 Å². The number of hydrogen-bond donors (Lipinski definition) is 0. The van der Waals surface area contributed by atoms with Crippen molar-refractivity contribution in [1.29, 1.82) is 0 Å². The molecule has 0 aromatic heterocycles. The van der Waals surface area contributed by atoms with E-state index in [9.17, 15) is 18.0 Å². The van der Waals surface area contributed by atoms with Crippen LogP contribution >= 0.6 is 0 Å². The van der Waals surface area contributed by atoms with Gasteiger partial charge in [0.05, 0.1) is 4.90 Å². The number of hydrogen-bond acceptors (Lipinski definition) is 4. The number of carbonyl (C=O) groups excluding carboxylic acids is 2. The maximum Gasteiger partial charge on any atom is 0.253 e. The average molecular weight is 379 g/mol. The number of sulfonamides is 1. The van der Waals surface area contributed by atoms with Gasteiger partial charge in [0, 0.05) is 44.8 Å². The summed E-state index contributed by atoms with van der Waals surface area (Å²) in [5.74, 6) is -0.130. The molecule has 2 heterocycles. The van der Waals surface area contributed by atoms with Crippen molar-refractivity contribution < 1.29 is 18.0 Å². The summed E-state index contributed by atoms with van der Waals surface area (Å²) >= 11 is 0. The Labute approximate surface area is 154 Å². The van der Waals surface area contributed by atoms with Crippen LogP contribution in [0.1, 0.15) is 36.0 Å². The Morgan fingerprint density at radius 1 is 0.846 bits per heavy atom. The van der Waals surface area contributed by atoms with Crippen LogP contribution in [0, 0.1) is 0 Å². The van der Waals surface area contributed by atoms with Gasteiger partial charge in [-0.25, -0.2) is 8.42 Å². The lowest BCUT2D eigenvalue weighted by molar-refractivity contribution is -0.119. The predicted molar refractivity (Wildman–Crippen MR) is 97.2 cm³/mol. The maximum atomic E-state index is 12.8. The molecule has 0 spiro atoms. The molecule has 2 saturated heterocycles. The van der Waals surface area contributed by atoms with E-state index >= 15 is 0 Å². The zero-order chi connectivity index (χ0) is 18.6. The molecule has 2 fully saturated rings. The molecule has 0 atom stereocenters. The van der Waals surface area contributed by atoms with Gasteiger partial charge >= 0.3 is 0 Å². The predicted octanol–water partition coefficient (Wildman–Crippen LogP) is 1.17. The minimum Gasteiger partial charge on any atom is -0.342 e. The van der Waals surface area contributed by atoms with E-state index in [4.69, 9.17) is 0 Å². The van der Waals surface area contributed by atoms with Gasteiger partial charge in [-0.05, 0) is 37.1 Å². The Morgan fingerprint density at radius 3 is 1.96 bits per heavy atom. The van der Waals surface area contributed by atoms with E-state index in [2.05, 4.69) is 0 Å². The Bertz CT molecular complexity index is 732. The number of amides is 2. The average Bonchev–Trinajstić information content (AvgIpc) is 2.98. The van der Waals surface area contributed by atoms with Crippen LogP contribution in [0.5, 0.6) is 0 Å². The van der Waals surface area contributed by atoms with Gasteiger partial charge < -0.3 is 9.80 Å². The number of carbonyl (C=O) groups is 2. The lowest BCUT2D eigenvalue weighted by Crippen LogP contribution is -2.48. The monoisotopic (exact) mass is 379 g/mol. The van der Waals surface area contributed by atoms with Crippen molar-refractivity contribution in [2.24, 2.45) is 0 Å². The molecule has 0 radical (unpaired) electrons. The van der Waals surface area contributed by atoms with Crippen LogP contribution in [0.25, 0.3) is 0 Å². The minimum atomic E-state index is -3.50. The van der Waals surface area contributed by atoms with Crippen molar-refractivity contribution in [3.63, 3.8) is 0 Å². The zero-order valence-corrected chi connectivity index (χ0v) is 15.7. The summed E-state index contributed by atoms with van der Waals surface area (Å²) < 4.78 is 27.1. The van der Waals surface area contributed by atoms with Crippen molar-refractivity contribution in [2.45, 2.75) is 30.6 Å². The van der Waals surface area contributed by atoms with Crippen LogP contribution in [-0.2, 0) is 14.8 Å². The van der Waals surface area contributed by atoms with Crippen LogP contribution < -0.4 is 0 Å². The molecule has 8 heteroatoms. The number of benzene rings is 1. The second-order valence-electron chi connectivity index (χ2n) is 6.78. The van der Waals surface area contributed by atoms with E-state index < -0.39 is 10.0 Å². The van der Waals surface area contributed by atoms with Gasteiger partial charge in [-0.2, -0.15) is 4.31 Å². The molecular formula is C18H25N3O4S. The Hall–Kier alpha value is -1.93. The van der Waals surface area contributed by atoms with E-state index in [0.29, 0.717) is 44.8 Å². The van der Waals surface area contributed by atoms with Crippen LogP contribution in [0.15, 0.2) is 29.2 Å². The normalized spacial score (nSPS) is 19.8. The molecule has 3 rings (SSSR count). The Balaban J connectivity index is 1.69. The van der Waals surface area contributed by atoms with E-state index in [-0.39, 0.29) is 10.8 Å². The Morgan fingerprint density at radius 2 is 1.42 bits per heavy atom. The quantitative estimate of drug-likeness (QED) is 0.736. The molecule has 0 N–H and O–H groups in total. The van der Waals surface area contributed by atoms with Gasteiger partial charge in [-0.15, -0.1) is 0 Å². The highest BCUT2D eigenvalue weighted by atomic mass is 32.2. The molecule has 2 amide bonds. The SMILES string of the molecule is O=CN1CCN(C(=O)c2ccc(S(=O)(=O)N3CCCCCC3)cc2)CC1. The third-order valence-electron chi connectivity index (χ3n) is 5.05. The largest absolute Gasteiger partial charge is 0.342 e. The minimum absolute atomic E-state index is 0.130. The summed E-state index contributed by atoms with van der Waals surface area (Å²) in [4.78, 5) is 26.9. The molecule has 1 aromatic rings. The standard InChI is InChI=1S/C18H25N3O4S/c22-15-19-11-13-20(14-12-19)18(23)16-5-7-17(8-6-16)26(24,25)21-9-3-1-2-4-10-21/h5-8,15H,1-4,9-14H2. The van der Waals surface area contributed by atoms with Crippen LogP contribution in [0.3, 0.4) is 0 Å². The van der Waals surface area contributed by atoms with Crippen molar-refractivity contribution in [3.8, 4) is 0 Å². The summed E-state index contributed by atoms with van der Waals surface area (Å²) in [6.45, 7) is 3.15. The third-order valence-corrected chi connectivity index (χ3v) is 6.97. The number of piperazine rings is 1. The summed E-state index contributed by atoms with van der Waals surface area (Å²) in [5, 5.41) is 0. The molecule has 0 bridgehead atoms. The zero-order valence-electron chi connectivity index (χ0n) is 14.8. The molecule has 0 unspecified atom stereocenters. The molecule has 0 aliphatic carbocycles. The lowest BCUT2D eigenvalue weighted by Gasteiger charge is -2.32. The first-order valence-electron chi connectivity index (χ1n) is 9.11. The fourth-order valence-corrected chi connectivity index (χ4v) is 4.93. The van der Waals surface area contributed by atoms with Gasteiger partial charge in [0.2, 0.25) is 16.4 Å². The summed E-state index contributed by atoms with van der Waals surface area (Å²) in [7, 11) is -3.50. The van der Waals surface area contributed by atoms with Gasteiger partial charge in [-0.1, -0.05) is 12.8 Å². The second-order valence-corrected chi connectivity index (χ2v) is 8.71. The highest BCUT2D eigenvalue weighted by Crippen LogP contribution is 2.21. The first kappa shape index (κ1) is 18.8. The van der Waals surface area contributed by atoms with E-state index in [1.54, 1.807) is 26.2 Å². The van der Waals surface area contributed by atoms with Crippen molar-refractivity contribution in [3.05, 3.63) is 29.8 Å². The van der Waals surface area contributed by atoms with Crippen molar-refractivity contribution in [2.75, 3.05) is 39.3 Å². The molecule has 0 saturated carbocycles. The summed E-state index contributed by atoms with van der Waals surface area (Å²) in [6, 6.07) is 6.21. The lowest BCUT2D eigenvalue weighted by atomic mass is 10.2. The Kier molecular flexibility index (Phi) is 5.93. The fraction of sp³-hybridized carbons (Fsp3) is 0.556. The second kappa shape index (κ2) is 8.18.